The van der Waals surface area contributed by atoms with Crippen molar-refractivity contribution in [2.24, 2.45) is 0 Å². The Balaban J connectivity index is 1.91. The summed E-state index contributed by atoms with van der Waals surface area (Å²) in [5.74, 6) is 0. The second kappa shape index (κ2) is 7.88. The van der Waals surface area contributed by atoms with E-state index >= 15 is 0 Å². The first-order valence-electron chi connectivity index (χ1n) is 5.96. The molecule has 0 aliphatic carbocycles. The Morgan fingerprint density at radius 2 is 2.20 bits per heavy atom. The summed E-state index contributed by atoms with van der Waals surface area (Å²) in [5.41, 5.74) is 0. The molecule has 0 saturated carbocycles. The van der Waals surface area contributed by atoms with Gasteiger partial charge in [-0.15, -0.1) is 0 Å². The highest BCUT2D eigenvalue weighted by Gasteiger charge is 2.14. The van der Waals surface area contributed by atoms with Crippen molar-refractivity contribution in [1.29, 1.82) is 0 Å². The molecule has 15 heavy (non-hydrogen) atoms. The molecule has 2 N–H and O–H groups in total. The van der Waals surface area contributed by atoms with Crippen LogP contribution < -0.4 is 10.6 Å². The molecule has 0 radical (unpaired) electrons. The average Bonchev–Trinajstić information content (AvgIpc) is 2.71. The Bertz CT molecular complexity index is 181. The van der Waals surface area contributed by atoms with E-state index in [1.54, 1.807) is 0 Å². The van der Waals surface area contributed by atoms with E-state index in [0.29, 0.717) is 6.10 Å². The van der Waals surface area contributed by atoms with Crippen LogP contribution in [0.4, 0.5) is 0 Å². The number of nitrogens with one attached hydrogen (secondary N) is 2. The normalized spacial score (nSPS) is 20.2. The van der Waals surface area contributed by atoms with Crippen LogP contribution in [-0.2, 0) is 4.74 Å². The largest absolute Gasteiger partial charge is 0.378 e. The fourth-order valence-corrected chi connectivity index (χ4v) is 1.86. The van der Waals surface area contributed by atoms with Gasteiger partial charge >= 0.3 is 0 Å². The number of thiocarbonyl (C=S) groups is 1. The van der Waals surface area contributed by atoms with E-state index in [2.05, 4.69) is 17.6 Å². The van der Waals surface area contributed by atoms with Gasteiger partial charge in [-0.1, -0.05) is 13.3 Å². The fourth-order valence-electron chi connectivity index (χ4n) is 1.66. The zero-order valence-electron chi connectivity index (χ0n) is 9.55. The van der Waals surface area contributed by atoms with Gasteiger partial charge in [-0.2, -0.15) is 0 Å². The van der Waals surface area contributed by atoms with Crippen LogP contribution in [0, 0.1) is 0 Å². The number of unbranched alkanes of at least 4 members (excludes halogenated alkanes) is 1. The van der Waals surface area contributed by atoms with Crippen LogP contribution >= 0.6 is 12.2 Å². The van der Waals surface area contributed by atoms with Gasteiger partial charge in [0.1, 0.15) is 0 Å². The molecule has 0 aromatic heterocycles. The van der Waals surface area contributed by atoms with E-state index in [1.165, 1.54) is 25.7 Å². The van der Waals surface area contributed by atoms with Crippen molar-refractivity contribution in [3.63, 3.8) is 0 Å². The molecule has 0 aromatic carbocycles. The first kappa shape index (κ1) is 12.7. The monoisotopic (exact) mass is 230 g/mol. The first-order chi connectivity index (χ1) is 7.33. The molecular formula is C11H22N2OS. The zero-order chi connectivity index (χ0) is 10.9. The topological polar surface area (TPSA) is 33.3 Å². The predicted octanol–water partition coefficient (Wildman–Crippen LogP) is 1.82. The summed E-state index contributed by atoms with van der Waals surface area (Å²) in [5, 5.41) is 7.18. The van der Waals surface area contributed by atoms with E-state index in [9.17, 15) is 0 Å². The molecule has 1 fully saturated rings. The minimum Gasteiger partial charge on any atom is -0.378 e. The quantitative estimate of drug-likeness (QED) is 0.539. The van der Waals surface area contributed by atoms with Crippen molar-refractivity contribution in [2.75, 3.05) is 19.7 Å². The summed E-state index contributed by atoms with van der Waals surface area (Å²) in [4.78, 5) is 0. The van der Waals surface area contributed by atoms with Crippen LogP contribution in [0.25, 0.3) is 0 Å². The maximum absolute atomic E-state index is 5.53. The second-order valence-electron chi connectivity index (χ2n) is 3.96. The zero-order valence-corrected chi connectivity index (χ0v) is 10.4. The molecule has 3 nitrogen and oxygen atoms in total. The van der Waals surface area contributed by atoms with Gasteiger partial charge in [0.15, 0.2) is 5.11 Å². The molecule has 0 spiro atoms. The standard InChI is InChI=1S/C11H22N2OS/c1-2-3-7-12-11(15)13-8-6-10-5-4-9-14-10/h10H,2-9H2,1H3,(H2,12,13,15). The molecular weight excluding hydrogens is 208 g/mol. The van der Waals surface area contributed by atoms with E-state index in [-0.39, 0.29) is 0 Å². The van der Waals surface area contributed by atoms with Gasteiger partial charge in [0.05, 0.1) is 6.10 Å². The number of hydrogen-bond donors (Lipinski definition) is 2. The summed E-state index contributed by atoms with van der Waals surface area (Å²) in [6, 6.07) is 0. The van der Waals surface area contributed by atoms with Crippen molar-refractivity contribution in [3.8, 4) is 0 Å². The molecule has 4 heteroatoms. The smallest absolute Gasteiger partial charge is 0.166 e. The Hall–Kier alpha value is -0.350. The molecule has 1 heterocycles. The van der Waals surface area contributed by atoms with Crippen molar-refractivity contribution < 1.29 is 4.74 Å². The van der Waals surface area contributed by atoms with Gasteiger partial charge in [0, 0.05) is 19.7 Å². The van der Waals surface area contributed by atoms with Gasteiger partial charge < -0.3 is 15.4 Å². The van der Waals surface area contributed by atoms with Crippen LogP contribution in [0.3, 0.4) is 0 Å². The number of hydrogen-bond acceptors (Lipinski definition) is 2. The molecule has 1 rings (SSSR count). The van der Waals surface area contributed by atoms with E-state index < -0.39 is 0 Å². The maximum atomic E-state index is 5.53. The lowest BCUT2D eigenvalue weighted by atomic mass is 10.2. The number of rotatable bonds is 6. The predicted molar refractivity (Wildman–Crippen MR) is 67.1 cm³/mol. The SMILES string of the molecule is CCCCNC(=S)NCCC1CCCO1. The van der Waals surface area contributed by atoms with Crippen LogP contribution in [0.2, 0.25) is 0 Å². The van der Waals surface area contributed by atoms with Crippen LogP contribution in [0.5, 0.6) is 0 Å². The van der Waals surface area contributed by atoms with Gasteiger partial charge in [-0.05, 0) is 37.9 Å². The summed E-state index contributed by atoms with van der Waals surface area (Å²) in [7, 11) is 0. The molecule has 1 saturated heterocycles. The molecule has 0 bridgehead atoms. The highest BCUT2D eigenvalue weighted by Crippen LogP contribution is 2.14. The average molecular weight is 230 g/mol. The molecule has 1 aliphatic rings. The summed E-state index contributed by atoms with van der Waals surface area (Å²) < 4.78 is 5.53. The van der Waals surface area contributed by atoms with Gasteiger partial charge in [0.25, 0.3) is 0 Å². The van der Waals surface area contributed by atoms with Gasteiger partial charge in [0.2, 0.25) is 0 Å². The van der Waals surface area contributed by atoms with Gasteiger partial charge in [-0.25, -0.2) is 0 Å². The van der Waals surface area contributed by atoms with Gasteiger partial charge in [-0.3, -0.25) is 0 Å². The molecule has 1 aliphatic heterocycles. The lowest BCUT2D eigenvalue weighted by Crippen LogP contribution is -2.37. The highest BCUT2D eigenvalue weighted by molar-refractivity contribution is 7.80. The molecule has 88 valence electrons. The Labute approximate surface area is 98.0 Å². The van der Waals surface area contributed by atoms with E-state index in [0.717, 1.165) is 31.2 Å². The molecule has 0 aromatic rings. The molecule has 1 unspecified atom stereocenters. The Kier molecular flexibility index (Phi) is 6.68. The molecule has 1 atom stereocenters. The summed E-state index contributed by atoms with van der Waals surface area (Å²) >= 11 is 5.14. The van der Waals surface area contributed by atoms with E-state index in [4.69, 9.17) is 17.0 Å². The van der Waals surface area contributed by atoms with Crippen molar-refractivity contribution >= 4 is 17.3 Å². The lowest BCUT2D eigenvalue weighted by Gasteiger charge is -2.12. The summed E-state index contributed by atoms with van der Waals surface area (Å²) in [6.07, 6.45) is 6.31. The maximum Gasteiger partial charge on any atom is 0.166 e. The third kappa shape index (κ3) is 5.95. The second-order valence-corrected chi connectivity index (χ2v) is 4.37. The third-order valence-corrected chi connectivity index (χ3v) is 2.88. The van der Waals surface area contributed by atoms with Crippen molar-refractivity contribution in [3.05, 3.63) is 0 Å². The fraction of sp³-hybridized carbons (Fsp3) is 0.909. The minimum atomic E-state index is 0.455. The van der Waals surface area contributed by atoms with E-state index in [1.807, 2.05) is 0 Å². The first-order valence-corrected chi connectivity index (χ1v) is 6.37. The van der Waals surface area contributed by atoms with Crippen LogP contribution in [0.15, 0.2) is 0 Å². The summed E-state index contributed by atoms with van der Waals surface area (Å²) in [6.45, 7) is 5.00. The Morgan fingerprint density at radius 1 is 1.40 bits per heavy atom. The highest BCUT2D eigenvalue weighted by atomic mass is 32.1. The third-order valence-electron chi connectivity index (χ3n) is 2.59. The lowest BCUT2D eigenvalue weighted by molar-refractivity contribution is 0.105. The number of ether oxygens (including phenoxy) is 1. The van der Waals surface area contributed by atoms with Crippen LogP contribution in [0.1, 0.15) is 39.0 Å². The van der Waals surface area contributed by atoms with Crippen LogP contribution in [-0.4, -0.2) is 30.9 Å². The Morgan fingerprint density at radius 3 is 2.87 bits per heavy atom. The minimum absolute atomic E-state index is 0.455. The molecule has 0 amide bonds. The van der Waals surface area contributed by atoms with Crippen molar-refractivity contribution in [1.82, 2.24) is 10.6 Å². The van der Waals surface area contributed by atoms with Crippen molar-refractivity contribution in [2.45, 2.75) is 45.1 Å².